The van der Waals surface area contributed by atoms with Gasteiger partial charge in [-0.05, 0) is 12.1 Å². The Morgan fingerprint density at radius 3 is 2.87 bits per heavy atom. The van der Waals surface area contributed by atoms with E-state index in [9.17, 15) is 4.39 Å². The number of hydrogen-bond acceptors (Lipinski definition) is 3. The Kier molecular flexibility index (Phi) is 3.02. The van der Waals surface area contributed by atoms with Gasteiger partial charge in [-0.2, -0.15) is 4.39 Å². The summed E-state index contributed by atoms with van der Waals surface area (Å²) < 4.78 is 14.4. The highest BCUT2D eigenvalue weighted by Gasteiger charge is 2.11. The first-order valence-electron chi connectivity index (χ1n) is 4.30. The number of aromatic nitrogens is 1. The van der Waals surface area contributed by atoms with E-state index in [2.05, 4.69) is 26.2 Å². The zero-order valence-corrected chi connectivity index (χ0v) is 10.3. The van der Waals surface area contributed by atoms with Crippen LogP contribution in [-0.4, -0.2) is 12.0 Å². The standard InChI is InChI=1S/C10H8BrFN2S/c1-13-10-14-8(9(12)15-10)6-3-2-4-7(11)5-6/h2-5H,1H3,(H,13,14). The van der Waals surface area contributed by atoms with Crippen molar-refractivity contribution < 1.29 is 4.39 Å². The van der Waals surface area contributed by atoms with Crippen molar-refractivity contribution in [3.63, 3.8) is 0 Å². The number of benzene rings is 1. The molecular weight excluding hydrogens is 279 g/mol. The minimum atomic E-state index is -0.266. The molecule has 0 aliphatic rings. The summed E-state index contributed by atoms with van der Waals surface area (Å²) in [7, 11) is 1.73. The molecule has 1 aromatic heterocycles. The predicted molar refractivity (Wildman–Crippen MR) is 64.8 cm³/mol. The molecule has 2 nitrogen and oxygen atoms in total. The average molecular weight is 287 g/mol. The lowest BCUT2D eigenvalue weighted by molar-refractivity contribution is 0.657. The number of thiazole rings is 1. The Hall–Kier alpha value is -0.940. The molecule has 0 aliphatic heterocycles. The van der Waals surface area contributed by atoms with E-state index in [4.69, 9.17) is 0 Å². The zero-order chi connectivity index (χ0) is 10.8. The first-order valence-corrected chi connectivity index (χ1v) is 5.91. The molecule has 0 unspecified atom stereocenters. The van der Waals surface area contributed by atoms with Crippen molar-refractivity contribution in [3.05, 3.63) is 33.9 Å². The van der Waals surface area contributed by atoms with E-state index in [-0.39, 0.29) is 5.13 Å². The number of nitrogens with one attached hydrogen (secondary N) is 1. The van der Waals surface area contributed by atoms with Crippen molar-refractivity contribution in [2.45, 2.75) is 0 Å². The van der Waals surface area contributed by atoms with E-state index in [0.29, 0.717) is 10.8 Å². The molecule has 15 heavy (non-hydrogen) atoms. The highest BCUT2D eigenvalue weighted by atomic mass is 79.9. The van der Waals surface area contributed by atoms with E-state index in [1.165, 1.54) is 0 Å². The lowest BCUT2D eigenvalue weighted by Crippen LogP contribution is -1.86. The lowest BCUT2D eigenvalue weighted by atomic mass is 10.2. The normalized spacial score (nSPS) is 10.3. The van der Waals surface area contributed by atoms with Gasteiger partial charge in [0.15, 0.2) is 5.13 Å². The van der Waals surface area contributed by atoms with Crippen LogP contribution < -0.4 is 5.32 Å². The van der Waals surface area contributed by atoms with Crippen molar-refractivity contribution >= 4 is 32.4 Å². The maximum atomic E-state index is 13.5. The molecule has 0 amide bonds. The molecule has 5 heteroatoms. The fraction of sp³-hybridized carbons (Fsp3) is 0.100. The molecule has 0 atom stereocenters. The van der Waals surface area contributed by atoms with Gasteiger partial charge in [-0.1, -0.05) is 39.4 Å². The summed E-state index contributed by atoms with van der Waals surface area (Å²) in [5, 5.41) is 3.15. The number of anilines is 1. The van der Waals surface area contributed by atoms with E-state index in [0.717, 1.165) is 21.4 Å². The molecule has 1 heterocycles. The summed E-state index contributed by atoms with van der Waals surface area (Å²) in [5.41, 5.74) is 1.17. The molecule has 0 bridgehead atoms. The topological polar surface area (TPSA) is 24.9 Å². The third-order valence-corrected chi connectivity index (χ3v) is 3.25. The van der Waals surface area contributed by atoms with Crippen LogP contribution in [0.1, 0.15) is 0 Å². The van der Waals surface area contributed by atoms with Crippen molar-refractivity contribution in [1.29, 1.82) is 0 Å². The Morgan fingerprint density at radius 2 is 2.27 bits per heavy atom. The van der Waals surface area contributed by atoms with Crippen LogP contribution in [0.3, 0.4) is 0 Å². The summed E-state index contributed by atoms with van der Waals surface area (Å²) in [6, 6.07) is 7.43. The second kappa shape index (κ2) is 4.28. The predicted octanol–water partition coefficient (Wildman–Crippen LogP) is 3.75. The largest absolute Gasteiger partial charge is 0.364 e. The van der Waals surface area contributed by atoms with Crippen LogP contribution in [0.15, 0.2) is 28.7 Å². The molecule has 2 rings (SSSR count). The first-order chi connectivity index (χ1) is 7.20. The third-order valence-electron chi connectivity index (χ3n) is 1.90. The Balaban J connectivity index is 2.48. The van der Waals surface area contributed by atoms with Crippen LogP contribution in [0.25, 0.3) is 11.3 Å². The zero-order valence-electron chi connectivity index (χ0n) is 7.92. The number of rotatable bonds is 2. The minimum absolute atomic E-state index is 0.266. The summed E-state index contributed by atoms with van der Waals surface area (Å²) in [6.07, 6.45) is 0. The van der Waals surface area contributed by atoms with Crippen molar-refractivity contribution in [1.82, 2.24) is 4.98 Å². The van der Waals surface area contributed by atoms with Gasteiger partial charge < -0.3 is 5.32 Å². The van der Waals surface area contributed by atoms with Crippen LogP contribution >= 0.6 is 27.3 Å². The maximum absolute atomic E-state index is 13.5. The highest BCUT2D eigenvalue weighted by Crippen LogP contribution is 2.30. The maximum Gasteiger partial charge on any atom is 0.206 e. The van der Waals surface area contributed by atoms with Crippen LogP contribution in [0.4, 0.5) is 9.52 Å². The molecule has 2 aromatic rings. The van der Waals surface area contributed by atoms with E-state index in [1.807, 2.05) is 24.3 Å². The molecule has 1 N–H and O–H groups in total. The van der Waals surface area contributed by atoms with Gasteiger partial charge >= 0.3 is 0 Å². The average Bonchev–Trinajstić information content (AvgIpc) is 2.60. The van der Waals surface area contributed by atoms with E-state index < -0.39 is 0 Å². The second-order valence-electron chi connectivity index (χ2n) is 2.90. The summed E-state index contributed by atoms with van der Waals surface area (Å²) in [6.45, 7) is 0. The summed E-state index contributed by atoms with van der Waals surface area (Å²) in [4.78, 5) is 4.15. The number of halogens is 2. The van der Waals surface area contributed by atoms with Gasteiger partial charge in [-0.15, -0.1) is 0 Å². The summed E-state index contributed by atoms with van der Waals surface area (Å²) >= 11 is 4.36. The molecule has 78 valence electrons. The third kappa shape index (κ3) is 2.18. The van der Waals surface area contributed by atoms with Gasteiger partial charge in [0.25, 0.3) is 0 Å². The van der Waals surface area contributed by atoms with Gasteiger partial charge in [0.05, 0.1) is 0 Å². The molecule has 0 radical (unpaired) electrons. The van der Waals surface area contributed by atoms with Gasteiger partial charge in [-0.3, -0.25) is 0 Å². The molecule has 1 aromatic carbocycles. The number of nitrogens with zero attached hydrogens (tertiary/aromatic N) is 1. The van der Waals surface area contributed by atoms with Gasteiger partial charge in [0, 0.05) is 17.1 Å². The quantitative estimate of drug-likeness (QED) is 0.909. The number of hydrogen-bond donors (Lipinski definition) is 1. The first kappa shape index (κ1) is 10.6. The Bertz CT molecular complexity index is 484. The molecule has 0 saturated heterocycles. The smallest absolute Gasteiger partial charge is 0.206 e. The van der Waals surface area contributed by atoms with Gasteiger partial charge in [0.1, 0.15) is 5.69 Å². The van der Waals surface area contributed by atoms with Crippen LogP contribution in [-0.2, 0) is 0 Å². The molecule has 0 aliphatic carbocycles. The Labute approximate surface area is 99.3 Å². The minimum Gasteiger partial charge on any atom is -0.364 e. The van der Waals surface area contributed by atoms with Crippen LogP contribution in [0, 0.1) is 5.13 Å². The monoisotopic (exact) mass is 286 g/mol. The van der Waals surface area contributed by atoms with Crippen molar-refractivity contribution in [2.75, 3.05) is 12.4 Å². The molecule has 0 saturated carbocycles. The van der Waals surface area contributed by atoms with Crippen molar-refractivity contribution in [3.8, 4) is 11.3 Å². The van der Waals surface area contributed by atoms with Gasteiger partial charge in [-0.25, -0.2) is 4.98 Å². The lowest BCUT2D eigenvalue weighted by Gasteiger charge is -1.97. The van der Waals surface area contributed by atoms with Crippen LogP contribution in [0.5, 0.6) is 0 Å². The van der Waals surface area contributed by atoms with Gasteiger partial charge in [0.2, 0.25) is 5.13 Å². The molecular formula is C10H8BrFN2S. The van der Waals surface area contributed by atoms with Crippen LogP contribution in [0.2, 0.25) is 0 Å². The Morgan fingerprint density at radius 1 is 1.47 bits per heavy atom. The highest BCUT2D eigenvalue weighted by molar-refractivity contribution is 9.10. The van der Waals surface area contributed by atoms with E-state index >= 15 is 0 Å². The van der Waals surface area contributed by atoms with E-state index in [1.54, 1.807) is 7.05 Å². The fourth-order valence-electron chi connectivity index (χ4n) is 1.22. The molecule has 0 spiro atoms. The SMILES string of the molecule is CNc1nc(-c2cccc(Br)c2)c(F)s1. The fourth-order valence-corrected chi connectivity index (χ4v) is 2.29. The van der Waals surface area contributed by atoms with Crippen molar-refractivity contribution in [2.24, 2.45) is 0 Å². The summed E-state index contributed by atoms with van der Waals surface area (Å²) in [5.74, 6) is 0. The molecule has 0 fully saturated rings. The second-order valence-corrected chi connectivity index (χ2v) is 4.77.